The highest BCUT2D eigenvalue weighted by Gasteiger charge is 2.18. The first-order valence-electron chi connectivity index (χ1n) is 9.32. The second-order valence-electron chi connectivity index (χ2n) is 6.46. The third-order valence-electron chi connectivity index (χ3n) is 4.52. The summed E-state index contributed by atoms with van der Waals surface area (Å²) >= 11 is 0. The molecular formula is C24H23NO3. The lowest BCUT2D eigenvalue weighted by Crippen LogP contribution is -2.19. The van der Waals surface area contributed by atoms with E-state index in [0.29, 0.717) is 29.2 Å². The van der Waals surface area contributed by atoms with Crippen LogP contribution < -0.4 is 10.1 Å². The minimum atomic E-state index is -0.418. The molecule has 0 spiro atoms. The van der Waals surface area contributed by atoms with Gasteiger partial charge in [0.25, 0.3) is 0 Å². The van der Waals surface area contributed by atoms with Crippen molar-refractivity contribution in [3.8, 4) is 5.75 Å². The van der Waals surface area contributed by atoms with Crippen molar-refractivity contribution in [2.75, 3.05) is 11.9 Å². The second kappa shape index (κ2) is 9.00. The van der Waals surface area contributed by atoms with Crippen LogP contribution >= 0.6 is 0 Å². The molecule has 0 saturated heterocycles. The fourth-order valence-corrected chi connectivity index (χ4v) is 2.95. The summed E-state index contributed by atoms with van der Waals surface area (Å²) in [6, 6.07) is 23.7. The molecule has 0 radical (unpaired) electrons. The van der Waals surface area contributed by atoms with Gasteiger partial charge >= 0.3 is 0 Å². The zero-order chi connectivity index (χ0) is 19.9. The monoisotopic (exact) mass is 373 g/mol. The van der Waals surface area contributed by atoms with Gasteiger partial charge in [-0.05, 0) is 37.6 Å². The van der Waals surface area contributed by atoms with E-state index in [9.17, 15) is 9.59 Å². The normalized spacial score (nSPS) is 11.5. The maximum atomic E-state index is 12.8. The van der Waals surface area contributed by atoms with Crippen molar-refractivity contribution in [1.82, 2.24) is 0 Å². The number of nitrogens with one attached hydrogen (secondary N) is 1. The van der Waals surface area contributed by atoms with Crippen molar-refractivity contribution < 1.29 is 14.3 Å². The van der Waals surface area contributed by atoms with Gasteiger partial charge in [-0.25, -0.2) is 0 Å². The van der Waals surface area contributed by atoms with Crippen LogP contribution in [0.3, 0.4) is 0 Å². The fourth-order valence-electron chi connectivity index (χ4n) is 2.95. The largest absolute Gasteiger partial charge is 0.492 e. The summed E-state index contributed by atoms with van der Waals surface area (Å²) in [6.45, 7) is 4.24. The Bertz CT molecular complexity index is 966. The Morgan fingerprint density at radius 2 is 1.57 bits per heavy atom. The first-order valence-corrected chi connectivity index (χ1v) is 9.32. The van der Waals surface area contributed by atoms with Gasteiger partial charge in [0.05, 0.1) is 18.2 Å². The maximum Gasteiger partial charge on any atom is 0.231 e. The number of ether oxygens (including phenoxy) is 1. The molecule has 0 heterocycles. The predicted molar refractivity (Wildman–Crippen MR) is 111 cm³/mol. The number of hydrogen-bond acceptors (Lipinski definition) is 3. The summed E-state index contributed by atoms with van der Waals surface area (Å²) in [5, 5.41) is 2.93. The molecule has 0 aliphatic carbocycles. The summed E-state index contributed by atoms with van der Waals surface area (Å²) < 4.78 is 5.56. The summed E-state index contributed by atoms with van der Waals surface area (Å²) in [5.41, 5.74) is 2.62. The average Bonchev–Trinajstić information content (AvgIpc) is 2.75. The average molecular weight is 373 g/mol. The number of carbonyl (C=O) groups is 2. The summed E-state index contributed by atoms with van der Waals surface area (Å²) in [7, 11) is 0. The Labute approximate surface area is 165 Å². The maximum absolute atomic E-state index is 12.8. The summed E-state index contributed by atoms with van der Waals surface area (Å²) in [6.07, 6.45) is 0. The molecule has 0 aliphatic rings. The molecular weight excluding hydrogens is 350 g/mol. The summed E-state index contributed by atoms with van der Waals surface area (Å²) in [5.74, 6) is 0.00461. The van der Waals surface area contributed by atoms with E-state index in [2.05, 4.69) is 5.32 Å². The molecule has 3 aromatic carbocycles. The first kappa shape index (κ1) is 19.4. The zero-order valence-electron chi connectivity index (χ0n) is 16.0. The molecule has 1 atom stereocenters. The standard InChI is InChI=1S/C24H23NO3/c1-3-28-22-15-8-7-14-21(22)25-24(27)17(2)19-12-9-13-20(16-19)23(26)18-10-5-4-6-11-18/h4-17H,3H2,1-2H3,(H,25,27)/t17-/m0/s1. The van der Waals surface area contributed by atoms with E-state index in [0.717, 1.165) is 5.56 Å². The first-order chi connectivity index (χ1) is 13.6. The van der Waals surface area contributed by atoms with Crippen LogP contribution in [-0.4, -0.2) is 18.3 Å². The fraction of sp³-hybridized carbons (Fsp3) is 0.167. The molecule has 0 bridgehead atoms. The van der Waals surface area contributed by atoms with Crippen LogP contribution in [0.5, 0.6) is 5.75 Å². The van der Waals surface area contributed by atoms with Crippen molar-refractivity contribution in [2.45, 2.75) is 19.8 Å². The van der Waals surface area contributed by atoms with Crippen LogP contribution in [-0.2, 0) is 4.79 Å². The lowest BCUT2D eigenvalue weighted by atomic mass is 9.95. The minimum Gasteiger partial charge on any atom is -0.492 e. The quantitative estimate of drug-likeness (QED) is 0.589. The number of benzene rings is 3. The molecule has 0 saturated carbocycles. The van der Waals surface area contributed by atoms with E-state index in [1.807, 2.05) is 68.4 Å². The number of amides is 1. The molecule has 3 aromatic rings. The van der Waals surface area contributed by atoms with Crippen molar-refractivity contribution in [2.24, 2.45) is 0 Å². The Balaban J connectivity index is 1.78. The van der Waals surface area contributed by atoms with Crippen molar-refractivity contribution >= 4 is 17.4 Å². The number of anilines is 1. The van der Waals surface area contributed by atoms with E-state index in [-0.39, 0.29) is 11.7 Å². The predicted octanol–water partition coefficient (Wildman–Crippen LogP) is 5.06. The van der Waals surface area contributed by atoms with Gasteiger partial charge in [0.2, 0.25) is 5.91 Å². The van der Waals surface area contributed by atoms with E-state index in [4.69, 9.17) is 4.74 Å². The Morgan fingerprint density at radius 3 is 2.32 bits per heavy atom. The lowest BCUT2D eigenvalue weighted by Gasteiger charge is -2.16. The lowest BCUT2D eigenvalue weighted by molar-refractivity contribution is -0.117. The molecule has 1 amide bonds. The van der Waals surface area contributed by atoms with Crippen LogP contribution in [0.25, 0.3) is 0 Å². The van der Waals surface area contributed by atoms with E-state index < -0.39 is 5.92 Å². The van der Waals surface area contributed by atoms with Crippen LogP contribution in [0.4, 0.5) is 5.69 Å². The number of hydrogen-bond donors (Lipinski definition) is 1. The van der Waals surface area contributed by atoms with Crippen LogP contribution in [0.1, 0.15) is 41.3 Å². The third-order valence-corrected chi connectivity index (χ3v) is 4.52. The van der Waals surface area contributed by atoms with Gasteiger partial charge in [0.1, 0.15) is 5.75 Å². The Hall–Kier alpha value is -3.40. The van der Waals surface area contributed by atoms with Gasteiger partial charge in [0.15, 0.2) is 5.78 Å². The molecule has 4 nitrogen and oxygen atoms in total. The Morgan fingerprint density at radius 1 is 0.893 bits per heavy atom. The SMILES string of the molecule is CCOc1ccccc1NC(=O)[C@@H](C)c1cccc(C(=O)c2ccccc2)c1. The molecule has 1 N–H and O–H groups in total. The smallest absolute Gasteiger partial charge is 0.231 e. The molecule has 0 fully saturated rings. The Kier molecular flexibility index (Phi) is 6.22. The van der Waals surface area contributed by atoms with Gasteiger partial charge in [-0.3, -0.25) is 9.59 Å². The van der Waals surface area contributed by atoms with E-state index >= 15 is 0 Å². The van der Waals surface area contributed by atoms with Gasteiger partial charge in [0, 0.05) is 11.1 Å². The number of rotatable bonds is 7. The molecule has 142 valence electrons. The highest BCUT2D eigenvalue weighted by atomic mass is 16.5. The molecule has 28 heavy (non-hydrogen) atoms. The highest BCUT2D eigenvalue weighted by Crippen LogP contribution is 2.26. The zero-order valence-corrected chi connectivity index (χ0v) is 16.0. The van der Waals surface area contributed by atoms with Gasteiger partial charge in [-0.2, -0.15) is 0 Å². The highest BCUT2D eigenvalue weighted by molar-refractivity contribution is 6.09. The van der Waals surface area contributed by atoms with Crippen LogP contribution in [0.2, 0.25) is 0 Å². The van der Waals surface area contributed by atoms with Crippen molar-refractivity contribution in [1.29, 1.82) is 0 Å². The van der Waals surface area contributed by atoms with Crippen molar-refractivity contribution in [3.05, 3.63) is 95.6 Å². The number of para-hydroxylation sites is 2. The molecule has 0 unspecified atom stereocenters. The van der Waals surface area contributed by atoms with Gasteiger partial charge in [-0.15, -0.1) is 0 Å². The summed E-state index contributed by atoms with van der Waals surface area (Å²) in [4.78, 5) is 25.5. The topological polar surface area (TPSA) is 55.4 Å². The van der Waals surface area contributed by atoms with E-state index in [1.165, 1.54) is 0 Å². The number of carbonyl (C=O) groups excluding carboxylic acids is 2. The number of ketones is 1. The third kappa shape index (κ3) is 4.46. The van der Waals surface area contributed by atoms with E-state index in [1.54, 1.807) is 24.3 Å². The second-order valence-corrected chi connectivity index (χ2v) is 6.46. The molecule has 3 rings (SSSR count). The van der Waals surface area contributed by atoms with Gasteiger partial charge < -0.3 is 10.1 Å². The molecule has 4 heteroatoms. The molecule has 0 aromatic heterocycles. The van der Waals surface area contributed by atoms with Crippen LogP contribution in [0.15, 0.2) is 78.9 Å². The van der Waals surface area contributed by atoms with Crippen LogP contribution in [0, 0.1) is 0 Å². The van der Waals surface area contributed by atoms with Gasteiger partial charge in [-0.1, -0.05) is 60.7 Å². The molecule has 0 aliphatic heterocycles. The minimum absolute atomic E-state index is 0.0586. The van der Waals surface area contributed by atoms with Crippen molar-refractivity contribution in [3.63, 3.8) is 0 Å².